The Kier molecular flexibility index (Phi) is 6.45. The van der Waals surface area contributed by atoms with Crippen LogP contribution in [0.2, 0.25) is 0 Å². The Balaban J connectivity index is 1.56. The molecule has 1 aromatic carbocycles. The average Bonchev–Trinajstić information content (AvgIpc) is 3.31. The number of rotatable bonds is 5. The van der Waals surface area contributed by atoms with Crippen molar-refractivity contribution >= 4 is 15.9 Å². The predicted octanol–water partition coefficient (Wildman–Crippen LogP) is 5.16. The van der Waals surface area contributed by atoms with Gasteiger partial charge in [0.2, 0.25) is 0 Å². The van der Waals surface area contributed by atoms with Crippen molar-refractivity contribution in [1.82, 2.24) is 9.88 Å². The zero-order valence-corrected chi connectivity index (χ0v) is 23.6. The van der Waals surface area contributed by atoms with E-state index in [2.05, 4.69) is 20.9 Å². The quantitative estimate of drug-likeness (QED) is 0.492. The van der Waals surface area contributed by atoms with E-state index >= 15 is 0 Å². The lowest BCUT2D eigenvalue weighted by atomic mass is 9.58. The van der Waals surface area contributed by atoms with Crippen LogP contribution in [0.15, 0.2) is 65.4 Å². The number of nitrogens with zero attached hydrogens (tertiary/aromatic N) is 2. The number of piperidine rings is 1. The van der Waals surface area contributed by atoms with Crippen molar-refractivity contribution in [2.24, 2.45) is 11.3 Å². The molecule has 1 saturated carbocycles. The van der Waals surface area contributed by atoms with Gasteiger partial charge >= 0.3 is 0 Å². The molecule has 0 amide bonds. The number of allylic oxidation sites excluding steroid dienone is 3. The number of aliphatic hydroxyl groups is 2. The van der Waals surface area contributed by atoms with Gasteiger partial charge < -0.3 is 24.6 Å². The van der Waals surface area contributed by atoms with Crippen LogP contribution in [0.4, 0.5) is 8.78 Å². The van der Waals surface area contributed by atoms with Gasteiger partial charge in [0.1, 0.15) is 11.5 Å². The highest BCUT2D eigenvalue weighted by atomic mass is 79.9. The van der Waals surface area contributed by atoms with Gasteiger partial charge in [-0.25, -0.2) is 8.78 Å². The number of methoxy groups -OCH3 is 1. The van der Waals surface area contributed by atoms with E-state index in [9.17, 15) is 19.0 Å². The number of pyridine rings is 1. The second-order valence-electron chi connectivity index (χ2n) is 11.5. The molecular weight excluding hydrogens is 570 g/mol. The zero-order valence-electron chi connectivity index (χ0n) is 22.0. The standard InChI is InChI=1S/C30H33BrF2N2O4/c1-27(10-8-20(31)9-11-27)30-24(19-6-4-3-5-7-19)21(18-35-14-12-28(32,33)13-15-35)26(36)29(30,37)25-22(38-2)16-34-17-23(25)39-30/h3-10,16-17,21,24,26,36-37H,11-15,18H2,1-2H3/t21-,24-,26-,27?,29+,30-/m1/s1. The van der Waals surface area contributed by atoms with Crippen LogP contribution >= 0.6 is 15.9 Å². The minimum Gasteiger partial charge on any atom is -0.495 e. The number of hydrogen-bond donors (Lipinski definition) is 2. The summed E-state index contributed by atoms with van der Waals surface area (Å²) in [6.45, 7) is 2.83. The fourth-order valence-corrected chi connectivity index (χ4v) is 7.82. The predicted molar refractivity (Wildman–Crippen MR) is 146 cm³/mol. The summed E-state index contributed by atoms with van der Waals surface area (Å²) in [7, 11) is 1.50. The lowest BCUT2D eigenvalue weighted by molar-refractivity contribution is -0.185. The maximum absolute atomic E-state index is 14.0. The molecule has 6 atom stereocenters. The lowest BCUT2D eigenvalue weighted by Gasteiger charge is -2.51. The molecule has 4 aliphatic rings. The van der Waals surface area contributed by atoms with Gasteiger partial charge in [0, 0.05) is 54.2 Å². The van der Waals surface area contributed by atoms with Crippen LogP contribution in [0.5, 0.6) is 11.5 Å². The van der Waals surface area contributed by atoms with Crippen molar-refractivity contribution in [3.05, 3.63) is 76.6 Å². The molecule has 6 nitrogen and oxygen atoms in total. The molecule has 0 spiro atoms. The van der Waals surface area contributed by atoms with Crippen LogP contribution in [0.3, 0.4) is 0 Å². The van der Waals surface area contributed by atoms with Crippen molar-refractivity contribution in [1.29, 1.82) is 0 Å². The fraction of sp³-hybridized carbons (Fsp3) is 0.500. The van der Waals surface area contributed by atoms with Crippen molar-refractivity contribution in [2.75, 3.05) is 26.7 Å². The van der Waals surface area contributed by atoms with Crippen LogP contribution < -0.4 is 9.47 Å². The number of fused-ring (bicyclic) bond motifs is 3. The third-order valence-corrected chi connectivity index (χ3v) is 10.00. The fourth-order valence-electron chi connectivity index (χ4n) is 7.53. The average molecular weight is 604 g/mol. The van der Waals surface area contributed by atoms with E-state index in [1.807, 2.05) is 60.4 Å². The number of aliphatic hydroxyl groups excluding tert-OH is 1. The van der Waals surface area contributed by atoms with E-state index in [4.69, 9.17) is 9.47 Å². The molecule has 2 aliphatic carbocycles. The number of benzene rings is 1. The maximum Gasteiger partial charge on any atom is 0.250 e. The van der Waals surface area contributed by atoms with Gasteiger partial charge in [-0.2, -0.15) is 0 Å². The molecule has 1 saturated heterocycles. The first kappa shape index (κ1) is 26.9. The summed E-state index contributed by atoms with van der Waals surface area (Å²) < 4.78 is 41.6. The molecule has 208 valence electrons. The lowest BCUT2D eigenvalue weighted by Crippen LogP contribution is -2.63. The van der Waals surface area contributed by atoms with Crippen molar-refractivity contribution < 1.29 is 28.5 Å². The summed E-state index contributed by atoms with van der Waals surface area (Å²) in [5.74, 6) is -2.98. The SMILES string of the molecule is COc1cncc2c1[C@]1(O)[C@H](O)[C@H](CN3CCC(F)(F)CC3)[C@@H](c3ccccc3)[C@]1(C1(C)C=CC(Br)=CC1)O2. The Morgan fingerprint density at radius 1 is 1.18 bits per heavy atom. The number of likely N-dealkylation sites (tertiary alicyclic amines) is 1. The van der Waals surface area contributed by atoms with Crippen LogP contribution in [0, 0.1) is 11.3 Å². The van der Waals surface area contributed by atoms with Gasteiger partial charge in [-0.05, 0) is 12.0 Å². The van der Waals surface area contributed by atoms with Gasteiger partial charge in [-0.15, -0.1) is 0 Å². The Bertz CT molecular complexity index is 1310. The molecular formula is C30H33BrF2N2O4. The Morgan fingerprint density at radius 3 is 2.54 bits per heavy atom. The molecule has 39 heavy (non-hydrogen) atoms. The third-order valence-electron chi connectivity index (χ3n) is 9.41. The van der Waals surface area contributed by atoms with E-state index in [-0.39, 0.29) is 25.9 Å². The summed E-state index contributed by atoms with van der Waals surface area (Å²) in [5.41, 5.74) is -2.72. The Hall–Kier alpha value is -2.33. The van der Waals surface area contributed by atoms with Gasteiger partial charge in [0.25, 0.3) is 5.92 Å². The highest BCUT2D eigenvalue weighted by molar-refractivity contribution is 9.11. The van der Waals surface area contributed by atoms with E-state index < -0.39 is 40.5 Å². The summed E-state index contributed by atoms with van der Waals surface area (Å²) in [6, 6.07) is 9.78. The monoisotopic (exact) mass is 602 g/mol. The first-order chi connectivity index (χ1) is 18.6. The molecule has 2 aliphatic heterocycles. The smallest absolute Gasteiger partial charge is 0.250 e. The number of ether oxygens (including phenoxy) is 2. The molecule has 0 bridgehead atoms. The number of hydrogen-bond acceptors (Lipinski definition) is 6. The molecule has 1 unspecified atom stereocenters. The molecule has 2 N–H and O–H groups in total. The molecule has 2 fully saturated rings. The van der Waals surface area contributed by atoms with Crippen LogP contribution in [-0.2, 0) is 5.60 Å². The van der Waals surface area contributed by atoms with E-state index in [1.165, 1.54) is 13.3 Å². The second-order valence-corrected chi connectivity index (χ2v) is 12.4. The number of halogens is 3. The first-order valence-electron chi connectivity index (χ1n) is 13.4. The van der Waals surface area contributed by atoms with Crippen molar-refractivity contribution in [3.8, 4) is 11.5 Å². The molecule has 3 heterocycles. The van der Waals surface area contributed by atoms with E-state index in [1.54, 1.807) is 6.20 Å². The summed E-state index contributed by atoms with van der Waals surface area (Å²) >= 11 is 3.57. The molecule has 0 radical (unpaired) electrons. The van der Waals surface area contributed by atoms with Gasteiger partial charge in [0.15, 0.2) is 11.2 Å². The molecule has 6 rings (SSSR count). The third kappa shape index (κ3) is 3.84. The van der Waals surface area contributed by atoms with Crippen molar-refractivity contribution in [3.63, 3.8) is 0 Å². The largest absolute Gasteiger partial charge is 0.495 e. The van der Waals surface area contributed by atoms with Crippen LogP contribution in [0.25, 0.3) is 0 Å². The van der Waals surface area contributed by atoms with Gasteiger partial charge in [-0.3, -0.25) is 4.98 Å². The van der Waals surface area contributed by atoms with Crippen LogP contribution in [0.1, 0.15) is 43.2 Å². The van der Waals surface area contributed by atoms with E-state index in [0.29, 0.717) is 30.0 Å². The first-order valence-corrected chi connectivity index (χ1v) is 14.2. The Morgan fingerprint density at radius 2 is 1.90 bits per heavy atom. The Labute approximate surface area is 235 Å². The van der Waals surface area contributed by atoms with E-state index in [0.717, 1.165) is 10.0 Å². The van der Waals surface area contributed by atoms with Crippen molar-refractivity contribution in [2.45, 2.75) is 55.3 Å². The molecule has 9 heteroatoms. The minimum atomic E-state index is -2.68. The highest BCUT2D eigenvalue weighted by Gasteiger charge is 2.80. The summed E-state index contributed by atoms with van der Waals surface area (Å²) in [6.07, 6.45) is 7.94. The molecule has 1 aromatic heterocycles. The number of alkyl halides is 2. The topological polar surface area (TPSA) is 75.0 Å². The second kappa shape index (κ2) is 9.36. The highest BCUT2D eigenvalue weighted by Crippen LogP contribution is 2.72. The summed E-state index contributed by atoms with van der Waals surface area (Å²) in [4.78, 5) is 6.27. The molecule has 2 aromatic rings. The normalized spacial score (nSPS) is 37.1. The number of aromatic nitrogens is 1. The van der Waals surface area contributed by atoms with Gasteiger partial charge in [0.05, 0.1) is 31.2 Å². The zero-order chi connectivity index (χ0) is 27.6. The van der Waals surface area contributed by atoms with Gasteiger partial charge in [-0.1, -0.05) is 71.4 Å². The maximum atomic E-state index is 14.0. The van der Waals surface area contributed by atoms with Crippen LogP contribution in [-0.4, -0.2) is 64.5 Å². The summed E-state index contributed by atoms with van der Waals surface area (Å²) in [5, 5.41) is 25.3. The minimum absolute atomic E-state index is 0.223.